The quantitative estimate of drug-likeness (QED) is 0.274. The molecule has 0 N–H and O–H groups in total. The molecule has 0 fully saturated rings. The second kappa shape index (κ2) is 4.68. The third-order valence-electron chi connectivity index (χ3n) is 4.64. The normalized spacial score (nSPS) is 12.7. The highest BCUT2D eigenvalue weighted by Gasteiger charge is 2.24. The predicted octanol–water partition coefficient (Wildman–Crippen LogP) is 5.74. The first-order valence-corrected chi connectivity index (χ1v) is 8.67. The van der Waals surface area contributed by atoms with Crippen LogP contribution in [-0.2, 0) is 0 Å². The molecule has 2 heterocycles. The number of anilines is 2. The minimum absolute atomic E-state index is 1.07. The molecule has 5 rings (SSSR count). The zero-order valence-electron chi connectivity index (χ0n) is 12.5. The molecule has 0 unspecified atom stereocenters. The fraction of sp³-hybridized carbons (Fsp3) is 0.0500. The maximum Gasteiger partial charge on any atom is 0.0830 e. The van der Waals surface area contributed by atoms with Gasteiger partial charge in [0.25, 0.3) is 0 Å². The van der Waals surface area contributed by atoms with Crippen molar-refractivity contribution in [3.05, 3.63) is 64.2 Å². The zero-order valence-corrected chi connectivity index (χ0v) is 14.7. The molecule has 0 atom stereocenters. The minimum Gasteiger partial charge on any atom is -0.343 e. The molecule has 0 saturated carbocycles. The third kappa shape index (κ3) is 1.77. The first-order chi connectivity index (χ1) is 11.2. The van der Waals surface area contributed by atoms with E-state index in [4.69, 9.17) is 4.98 Å². The Balaban J connectivity index is 2.06. The first-order valence-electron chi connectivity index (χ1n) is 7.59. The number of rotatable bonds is 0. The Hall–Kier alpha value is -2.14. The minimum atomic E-state index is 1.07. The van der Waals surface area contributed by atoms with Gasteiger partial charge in [0.1, 0.15) is 0 Å². The molecule has 0 spiro atoms. The van der Waals surface area contributed by atoms with E-state index in [1.54, 1.807) is 0 Å². The fourth-order valence-corrected chi connectivity index (χ4v) is 4.06. The number of benzene rings is 3. The summed E-state index contributed by atoms with van der Waals surface area (Å²) in [6.45, 7) is 0. The van der Waals surface area contributed by atoms with Gasteiger partial charge in [0.15, 0.2) is 0 Å². The van der Waals surface area contributed by atoms with Gasteiger partial charge in [-0.2, -0.15) is 0 Å². The lowest BCUT2D eigenvalue weighted by Gasteiger charge is -2.30. The fourth-order valence-electron chi connectivity index (χ4n) is 3.59. The van der Waals surface area contributed by atoms with Crippen molar-refractivity contribution in [1.29, 1.82) is 0 Å². The number of para-hydroxylation sites is 1. The van der Waals surface area contributed by atoms with Crippen LogP contribution in [0.15, 0.2) is 60.7 Å². The SMILES string of the molecule is CN1c2ccccc2-c2nc3cc([125I])ccc3c3cccc1c23. The standard InChI is InChI=1S/C20H13IN2/c1-23-17-7-3-2-5-15(17)20-19-14(6-4-8-18(19)23)13-10-9-12(21)11-16(13)22-20/h2-11H,1H3/i21-2. The maximum atomic E-state index is 5.04. The van der Waals surface area contributed by atoms with Gasteiger partial charge < -0.3 is 4.90 Å². The molecule has 0 radical (unpaired) electrons. The molecule has 0 amide bonds. The van der Waals surface area contributed by atoms with Crippen molar-refractivity contribution < 1.29 is 0 Å². The molecule has 23 heavy (non-hydrogen) atoms. The highest BCUT2D eigenvalue weighted by atomic mass is 125. The highest BCUT2D eigenvalue weighted by Crippen LogP contribution is 2.47. The van der Waals surface area contributed by atoms with Crippen LogP contribution in [0.25, 0.3) is 32.9 Å². The molecule has 1 aliphatic heterocycles. The van der Waals surface area contributed by atoms with Crippen molar-refractivity contribution in [2.75, 3.05) is 11.9 Å². The van der Waals surface area contributed by atoms with Crippen LogP contribution in [0.4, 0.5) is 11.4 Å². The second-order valence-corrected chi connectivity index (χ2v) is 7.14. The lowest BCUT2D eigenvalue weighted by molar-refractivity contribution is 1.20. The molecule has 4 aromatic rings. The topological polar surface area (TPSA) is 16.1 Å². The van der Waals surface area contributed by atoms with Crippen LogP contribution in [-0.4, -0.2) is 12.0 Å². The number of aromatic nitrogens is 1. The van der Waals surface area contributed by atoms with E-state index in [9.17, 15) is 0 Å². The number of pyridine rings is 1. The van der Waals surface area contributed by atoms with E-state index in [1.165, 1.54) is 36.7 Å². The molecular formula is C20H13IN2. The Morgan fingerprint density at radius 1 is 0.870 bits per heavy atom. The van der Waals surface area contributed by atoms with E-state index in [0.29, 0.717) is 0 Å². The zero-order chi connectivity index (χ0) is 15.6. The van der Waals surface area contributed by atoms with Crippen molar-refractivity contribution >= 4 is 55.6 Å². The number of nitrogens with zero attached hydrogens (tertiary/aromatic N) is 2. The molecule has 2 nitrogen and oxygen atoms in total. The van der Waals surface area contributed by atoms with Crippen molar-refractivity contribution in [3.63, 3.8) is 0 Å². The summed E-state index contributed by atoms with van der Waals surface area (Å²) in [5.41, 5.74) is 5.81. The van der Waals surface area contributed by atoms with Crippen LogP contribution >= 0.6 is 22.6 Å². The molecule has 1 aromatic heterocycles. The largest absolute Gasteiger partial charge is 0.343 e. The van der Waals surface area contributed by atoms with Crippen molar-refractivity contribution in [3.8, 4) is 11.3 Å². The Bertz CT molecular complexity index is 1100. The van der Waals surface area contributed by atoms with Gasteiger partial charge in [-0.15, -0.1) is 0 Å². The van der Waals surface area contributed by atoms with Gasteiger partial charge >= 0.3 is 0 Å². The van der Waals surface area contributed by atoms with Gasteiger partial charge in [0.05, 0.1) is 22.6 Å². The molecule has 0 bridgehead atoms. The predicted molar refractivity (Wildman–Crippen MR) is 105 cm³/mol. The maximum absolute atomic E-state index is 5.04. The van der Waals surface area contributed by atoms with Crippen LogP contribution in [0.5, 0.6) is 0 Å². The van der Waals surface area contributed by atoms with Gasteiger partial charge in [0.2, 0.25) is 0 Å². The van der Waals surface area contributed by atoms with E-state index >= 15 is 0 Å². The van der Waals surface area contributed by atoms with Crippen LogP contribution in [0, 0.1) is 3.57 Å². The van der Waals surface area contributed by atoms with Crippen LogP contribution in [0.2, 0.25) is 0 Å². The first kappa shape index (κ1) is 13.3. The number of hydrogen-bond donors (Lipinski definition) is 0. The van der Waals surface area contributed by atoms with Gasteiger partial charge in [-0.05, 0) is 52.2 Å². The lowest BCUT2D eigenvalue weighted by atomic mass is 9.94. The summed E-state index contributed by atoms with van der Waals surface area (Å²) in [6, 6.07) is 21.6. The molecule has 0 aliphatic carbocycles. The van der Waals surface area contributed by atoms with Gasteiger partial charge in [-0.25, -0.2) is 4.98 Å². The number of fused-ring (bicyclic) bond motifs is 4. The van der Waals surface area contributed by atoms with E-state index in [0.717, 1.165) is 11.2 Å². The van der Waals surface area contributed by atoms with Crippen LogP contribution < -0.4 is 4.90 Å². The molecule has 0 saturated heterocycles. The van der Waals surface area contributed by atoms with E-state index in [1.807, 2.05) is 0 Å². The Morgan fingerprint density at radius 3 is 2.61 bits per heavy atom. The number of hydrogen-bond acceptors (Lipinski definition) is 2. The summed E-state index contributed by atoms with van der Waals surface area (Å²) < 4.78 is 1.21. The Kier molecular flexibility index (Phi) is 2.71. The summed E-state index contributed by atoms with van der Waals surface area (Å²) in [5, 5.41) is 3.75. The van der Waals surface area contributed by atoms with Gasteiger partial charge in [-0.1, -0.05) is 36.4 Å². The van der Waals surface area contributed by atoms with E-state index in [-0.39, 0.29) is 0 Å². The van der Waals surface area contributed by atoms with Gasteiger partial charge in [-0.3, -0.25) is 0 Å². The Labute approximate surface area is 147 Å². The van der Waals surface area contributed by atoms with Crippen molar-refractivity contribution in [2.24, 2.45) is 0 Å². The average molecular weight is 406 g/mol. The summed E-state index contributed by atoms with van der Waals surface area (Å²) in [5.74, 6) is 0. The summed E-state index contributed by atoms with van der Waals surface area (Å²) in [7, 11) is 2.13. The second-order valence-electron chi connectivity index (χ2n) is 5.90. The van der Waals surface area contributed by atoms with E-state index in [2.05, 4.69) is 95.2 Å². The van der Waals surface area contributed by atoms with E-state index < -0.39 is 0 Å². The Morgan fingerprint density at radius 2 is 1.70 bits per heavy atom. The monoisotopic (exact) mass is 406 g/mol. The molecule has 3 aromatic carbocycles. The summed E-state index contributed by atoms with van der Waals surface area (Å²) in [6.07, 6.45) is 0. The van der Waals surface area contributed by atoms with Crippen LogP contribution in [0.1, 0.15) is 0 Å². The summed E-state index contributed by atoms with van der Waals surface area (Å²) >= 11 is 2.35. The van der Waals surface area contributed by atoms with Crippen molar-refractivity contribution in [1.82, 2.24) is 4.98 Å². The third-order valence-corrected chi connectivity index (χ3v) is 5.31. The molecule has 3 heteroatoms. The summed E-state index contributed by atoms with van der Waals surface area (Å²) in [4.78, 5) is 7.31. The average Bonchev–Trinajstić information content (AvgIpc) is 2.59. The molecule has 110 valence electrons. The van der Waals surface area contributed by atoms with Crippen molar-refractivity contribution in [2.45, 2.75) is 0 Å². The lowest BCUT2D eigenvalue weighted by Crippen LogP contribution is -2.15. The number of halogens is 1. The molecule has 1 aliphatic rings. The smallest absolute Gasteiger partial charge is 0.0830 e. The van der Waals surface area contributed by atoms with Gasteiger partial charge in [0, 0.05) is 27.0 Å². The molecular weight excluding hydrogens is 393 g/mol. The van der Waals surface area contributed by atoms with Crippen LogP contribution in [0.3, 0.4) is 0 Å². The highest BCUT2D eigenvalue weighted by molar-refractivity contribution is 14.1.